The van der Waals surface area contributed by atoms with Gasteiger partial charge in [0, 0.05) is 57.6 Å². The number of carbonyl (C=O) groups is 1. The number of H-pyrrole nitrogens is 1. The van der Waals surface area contributed by atoms with Crippen molar-refractivity contribution in [3.05, 3.63) is 75.1 Å². The Balaban J connectivity index is 0.899. The minimum absolute atomic E-state index is 0.00775. The number of benzene rings is 2. The lowest BCUT2D eigenvalue weighted by Gasteiger charge is -2.47. The zero-order valence-electron chi connectivity index (χ0n) is 25.4. The van der Waals surface area contributed by atoms with Crippen LogP contribution in [0.4, 0.5) is 0 Å². The van der Waals surface area contributed by atoms with Crippen LogP contribution in [0.3, 0.4) is 0 Å². The maximum absolute atomic E-state index is 12.9. The third-order valence-corrected chi connectivity index (χ3v) is 9.58. The molecule has 4 N–H and O–H groups in total. The molecule has 2 fully saturated rings. The van der Waals surface area contributed by atoms with Gasteiger partial charge in [-0.05, 0) is 49.6 Å². The smallest absolute Gasteiger partial charge is 0.305 e. The zero-order chi connectivity index (χ0) is 31.4. The maximum atomic E-state index is 12.9. The van der Waals surface area contributed by atoms with Gasteiger partial charge >= 0.3 is 4.87 Å². The number of aliphatic hydroxyl groups is 1. The van der Waals surface area contributed by atoms with Crippen LogP contribution in [0, 0.1) is 6.92 Å². The predicted octanol–water partition coefficient (Wildman–Crippen LogP) is 2.40. The number of phenolic OH excluding ortho intramolecular Hbond substituents is 1. The highest BCUT2D eigenvalue weighted by atomic mass is 32.1. The standard InChI is InChI=1S/C32H40N6O6S/c1-22-8-11-38(35-22)20-28(41)37-15-17-44-32(21-37)9-12-36(13-10-32)14-16-43-24-4-2-23(3-5-24)18-33-19-27(40)25-6-7-26(39)29-30(25)45-31(42)34-29/h2-8,11,27,33,39-40H,9-10,12-21H2,1H3,(H,34,42)/t27-/m0/s1. The van der Waals surface area contributed by atoms with Gasteiger partial charge in [0.05, 0.1) is 28.7 Å². The lowest BCUT2D eigenvalue weighted by atomic mass is 9.89. The Morgan fingerprint density at radius 1 is 1.18 bits per heavy atom. The van der Waals surface area contributed by atoms with Crippen molar-refractivity contribution in [3.8, 4) is 11.5 Å². The number of aromatic hydroxyl groups is 1. The van der Waals surface area contributed by atoms with E-state index in [2.05, 4.69) is 20.3 Å². The van der Waals surface area contributed by atoms with Crippen LogP contribution in [-0.4, -0.2) is 98.8 Å². The average Bonchev–Trinajstić information content (AvgIpc) is 3.64. The lowest BCUT2D eigenvalue weighted by molar-refractivity contribution is -0.160. The summed E-state index contributed by atoms with van der Waals surface area (Å²) in [4.78, 5) is 31.3. The fourth-order valence-corrected chi connectivity index (χ4v) is 7.01. The number of fused-ring (bicyclic) bond motifs is 1. The summed E-state index contributed by atoms with van der Waals surface area (Å²) in [6.07, 6.45) is 2.79. The van der Waals surface area contributed by atoms with Gasteiger partial charge in [-0.2, -0.15) is 5.10 Å². The molecule has 2 saturated heterocycles. The zero-order valence-corrected chi connectivity index (χ0v) is 26.2. The molecule has 0 radical (unpaired) electrons. The third-order valence-electron chi connectivity index (χ3n) is 8.65. The van der Waals surface area contributed by atoms with E-state index in [0.717, 1.165) is 60.8 Å². The van der Waals surface area contributed by atoms with Crippen molar-refractivity contribution in [2.24, 2.45) is 0 Å². The summed E-state index contributed by atoms with van der Waals surface area (Å²) in [6.45, 7) is 8.07. The van der Waals surface area contributed by atoms with E-state index >= 15 is 0 Å². The quantitative estimate of drug-likeness (QED) is 0.195. The van der Waals surface area contributed by atoms with Crippen molar-refractivity contribution in [1.82, 2.24) is 29.9 Å². The van der Waals surface area contributed by atoms with Crippen molar-refractivity contribution in [1.29, 1.82) is 0 Å². The van der Waals surface area contributed by atoms with E-state index in [9.17, 15) is 19.8 Å². The molecule has 2 aliphatic heterocycles. The minimum atomic E-state index is -0.824. The number of hydrogen-bond donors (Lipinski definition) is 4. The number of likely N-dealkylation sites (tertiary alicyclic amines) is 1. The molecule has 2 aliphatic rings. The van der Waals surface area contributed by atoms with E-state index in [-0.39, 0.29) is 28.7 Å². The second-order valence-electron chi connectivity index (χ2n) is 11.9. The van der Waals surface area contributed by atoms with E-state index in [0.29, 0.717) is 55.2 Å². The summed E-state index contributed by atoms with van der Waals surface area (Å²) in [6, 6.07) is 12.9. The SMILES string of the molecule is Cc1ccn(CC(=O)N2CCOC3(CCN(CCOc4ccc(CNC[C@H](O)c5ccc(O)c6[nH]c(=O)sc56)cc4)CC3)C2)n1. The molecule has 4 aromatic rings. The van der Waals surface area contributed by atoms with E-state index in [1.807, 2.05) is 48.4 Å². The molecule has 2 aromatic heterocycles. The fourth-order valence-electron chi connectivity index (χ4n) is 6.10. The first kappa shape index (κ1) is 31.2. The molecule has 13 heteroatoms. The number of nitrogens with zero attached hydrogens (tertiary/aromatic N) is 4. The molecule has 0 aliphatic carbocycles. The number of aliphatic hydroxyl groups excluding tert-OH is 1. The van der Waals surface area contributed by atoms with Crippen LogP contribution in [0.25, 0.3) is 10.2 Å². The summed E-state index contributed by atoms with van der Waals surface area (Å²) in [5.41, 5.74) is 2.65. The van der Waals surface area contributed by atoms with Crippen molar-refractivity contribution in [3.63, 3.8) is 0 Å². The molecule has 45 heavy (non-hydrogen) atoms. The highest BCUT2D eigenvalue weighted by Gasteiger charge is 2.40. The number of aromatic amines is 1. The number of rotatable bonds is 11. The minimum Gasteiger partial charge on any atom is -0.506 e. The number of thiazole rings is 1. The first-order chi connectivity index (χ1) is 21.8. The molecule has 12 nitrogen and oxygen atoms in total. The molecule has 1 atom stereocenters. The average molecular weight is 637 g/mol. The largest absolute Gasteiger partial charge is 0.506 e. The van der Waals surface area contributed by atoms with Gasteiger partial charge in [-0.3, -0.25) is 19.2 Å². The molecule has 0 saturated carbocycles. The molecule has 1 amide bonds. The van der Waals surface area contributed by atoms with Crippen molar-refractivity contribution < 1.29 is 24.5 Å². The number of piperidine rings is 1. The fraction of sp³-hybridized carbons (Fsp3) is 0.469. The molecule has 6 rings (SSSR count). The van der Waals surface area contributed by atoms with Crippen LogP contribution in [-0.2, 0) is 22.6 Å². The maximum Gasteiger partial charge on any atom is 0.305 e. The number of ether oxygens (including phenoxy) is 2. The predicted molar refractivity (Wildman–Crippen MR) is 171 cm³/mol. The molecular formula is C32H40N6O6S. The van der Waals surface area contributed by atoms with E-state index < -0.39 is 6.10 Å². The first-order valence-corrected chi connectivity index (χ1v) is 16.2. The van der Waals surface area contributed by atoms with Crippen LogP contribution in [0.1, 0.15) is 35.8 Å². The Labute approximate surface area is 265 Å². The number of aryl methyl sites for hydroxylation is 1. The second kappa shape index (κ2) is 13.7. The molecule has 0 bridgehead atoms. The molecule has 0 unspecified atom stereocenters. The topological polar surface area (TPSA) is 145 Å². The van der Waals surface area contributed by atoms with Crippen LogP contribution in [0.5, 0.6) is 11.5 Å². The summed E-state index contributed by atoms with van der Waals surface area (Å²) in [5, 5.41) is 28.3. The molecule has 2 aromatic carbocycles. The van der Waals surface area contributed by atoms with Crippen LogP contribution < -0.4 is 14.9 Å². The van der Waals surface area contributed by atoms with E-state index in [1.54, 1.807) is 10.7 Å². The number of morpholine rings is 1. The molecular weight excluding hydrogens is 596 g/mol. The monoisotopic (exact) mass is 636 g/mol. The number of hydrogen-bond acceptors (Lipinski definition) is 10. The first-order valence-electron chi connectivity index (χ1n) is 15.4. The van der Waals surface area contributed by atoms with Crippen LogP contribution in [0.2, 0.25) is 0 Å². The van der Waals surface area contributed by atoms with Gasteiger partial charge < -0.3 is 34.9 Å². The summed E-state index contributed by atoms with van der Waals surface area (Å²) in [5.74, 6) is 0.883. The van der Waals surface area contributed by atoms with Crippen LogP contribution in [0.15, 0.2) is 53.5 Å². The van der Waals surface area contributed by atoms with Crippen molar-refractivity contribution in [2.75, 3.05) is 52.5 Å². The Kier molecular flexibility index (Phi) is 9.52. The van der Waals surface area contributed by atoms with Gasteiger partial charge in [0.15, 0.2) is 0 Å². The highest BCUT2D eigenvalue weighted by molar-refractivity contribution is 7.16. The van der Waals surface area contributed by atoms with E-state index in [1.165, 1.54) is 6.07 Å². The number of carbonyl (C=O) groups excluding carboxylic acids is 1. The number of amides is 1. The molecule has 240 valence electrons. The van der Waals surface area contributed by atoms with Gasteiger partial charge in [-0.25, -0.2) is 0 Å². The summed E-state index contributed by atoms with van der Waals surface area (Å²) in [7, 11) is 0. The molecule has 1 spiro atoms. The highest BCUT2D eigenvalue weighted by Crippen LogP contribution is 2.32. The Bertz CT molecular complexity index is 1660. The number of aromatic nitrogens is 3. The van der Waals surface area contributed by atoms with Gasteiger partial charge in [0.25, 0.3) is 0 Å². The second-order valence-corrected chi connectivity index (χ2v) is 12.9. The number of nitrogens with one attached hydrogen (secondary N) is 2. The normalized spacial score (nSPS) is 17.6. The van der Waals surface area contributed by atoms with Gasteiger partial charge in [0.1, 0.15) is 30.2 Å². The van der Waals surface area contributed by atoms with E-state index in [4.69, 9.17) is 9.47 Å². The van der Waals surface area contributed by atoms with Crippen molar-refractivity contribution >= 4 is 27.5 Å². The number of phenols is 1. The van der Waals surface area contributed by atoms with Gasteiger partial charge in [-0.1, -0.05) is 29.5 Å². The summed E-state index contributed by atoms with van der Waals surface area (Å²) >= 11 is 0.978. The van der Waals surface area contributed by atoms with Gasteiger partial charge in [-0.15, -0.1) is 0 Å². The summed E-state index contributed by atoms with van der Waals surface area (Å²) < 4.78 is 14.5. The Morgan fingerprint density at radius 2 is 1.98 bits per heavy atom. The Morgan fingerprint density at radius 3 is 2.73 bits per heavy atom. The Hall–Kier alpha value is -3.75. The van der Waals surface area contributed by atoms with Crippen LogP contribution >= 0.6 is 11.3 Å². The lowest BCUT2D eigenvalue weighted by Crippen LogP contribution is -2.58. The third kappa shape index (κ3) is 7.56. The van der Waals surface area contributed by atoms with Crippen molar-refractivity contribution in [2.45, 2.75) is 44.6 Å². The van der Waals surface area contributed by atoms with Gasteiger partial charge in [0.2, 0.25) is 5.91 Å². The molecule has 4 heterocycles.